The maximum absolute atomic E-state index is 12.5. The molecule has 3 nitrogen and oxygen atoms in total. The summed E-state index contributed by atoms with van der Waals surface area (Å²) in [5.41, 5.74) is -0.221. The molecule has 2 bridgehead atoms. The molecule has 0 saturated carbocycles. The number of hydrogen-bond donors (Lipinski definition) is 0. The van der Waals surface area contributed by atoms with Crippen LogP contribution in [0.3, 0.4) is 0 Å². The first-order valence-corrected chi connectivity index (χ1v) is 11.4. The van der Waals surface area contributed by atoms with Crippen LogP contribution in [-0.2, 0) is 14.0 Å². The summed E-state index contributed by atoms with van der Waals surface area (Å²) in [4.78, 5) is 12.5. The molecule has 3 aliphatic heterocycles. The number of rotatable bonds is 2. The molecule has 0 aromatic heterocycles. The lowest BCUT2D eigenvalue weighted by molar-refractivity contribution is -0.133. The van der Waals surface area contributed by atoms with E-state index in [0.29, 0.717) is 11.7 Å². The molecule has 0 aromatic carbocycles. The Morgan fingerprint density at radius 3 is 2.80 bits per heavy atom. The molecular formula is C15H24O3SSi. The van der Waals surface area contributed by atoms with Crippen molar-refractivity contribution >= 4 is 25.9 Å². The highest BCUT2D eigenvalue weighted by Gasteiger charge is 2.57. The third-order valence-electron chi connectivity index (χ3n) is 5.28. The number of carbonyl (C=O) groups excluding carboxylic acids is 1. The number of hydrogen-bond acceptors (Lipinski definition) is 4. The van der Waals surface area contributed by atoms with Crippen molar-refractivity contribution in [1.29, 1.82) is 0 Å². The Morgan fingerprint density at radius 2 is 2.15 bits per heavy atom. The molecule has 0 amide bonds. The smallest absolute Gasteiger partial charge is 0.250 e. The molecule has 20 heavy (non-hydrogen) atoms. The molecule has 3 heterocycles. The molecule has 3 atom stereocenters. The minimum absolute atomic E-state index is 0.0693. The minimum atomic E-state index is -1.96. The molecule has 3 rings (SSSR count). The number of fused-ring (bicyclic) bond motifs is 1. The van der Waals surface area contributed by atoms with E-state index in [0.717, 1.165) is 17.9 Å². The highest BCUT2D eigenvalue weighted by atomic mass is 32.2. The molecule has 5 heteroatoms. The lowest BCUT2D eigenvalue weighted by Gasteiger charge is -2.39. The molecular weight excluding hydrogens is 288 g/mol. The lowest BCUT2D eigenvalue weighted by atomic mass is 9.91. The Kier molecular flexibility index (Phi) is 3.20. The second-order valence-electron chi connectivity index (χ2n) is 7.74. The van der Waals surface area contributed by atoms with Gasteiger partial charge in [-0.2, -0.15) is 11.8 Å². The monoisotopic (exact) mass is 312 g/mol. The van der Waals surface area contributed by atoms with Crippen LogP contribution in [0.4, 0.5) is 0 Å². The topological polar surface area (TPSA) is 35.5 Å². The predicted molar refractivity (Wildman–Crippen MR) is 84.4 cm³/mol. The highest BCUT2D eigenvalue weighted by Crippen LogP contribution is 2.51. The van der Waals surface area contributed by atoms with Gasteiger partial charge >= 0.3 is 0 Å². The molecule has 0 N–H and O–H groups in total. The first kappa shape index (κ1) is 14.7. The molecule has 2 saturated heterocycles. The van der Waals surface area contributed by atoms with Gasteiger partial charge in [0.05, 0.1) is 0 Å². The van der Waals surface area contributed by atoms with Crippen LogP contribution in [0.15, 0.2) is 11.8 Å². The average Bonchev–Trinajstić information content (AvgIpc) is 2.78. The van der Waals surface area contributed by atoms with Gasteiger partial charge < -0.3 is 9.16 Å². The van der Waals surface area contributed by atoms with Gasteiger partial charge in [-0.05, 0) is 36.4 Å². The van der Waals surface area contributed by atoms with Crippen molar-refractivity contribution in [3.05, 3.63) is 11.8 Å². The molecule has 2 fully saturated rings. The summed E-state index contributed by atoms with van der Waals surface area (Å²) in [6, 6.07) is 0. The maximum atomic E-state index is 12.5. The number of thioether (sulfide) groups is 1. The van der Waals surface area contributed by atoms with Gasteiger partial charge in [0.1, 0.15) is 17.5 Å². The Labute approximate surface area is 126 Å². The molecule has 0 aromatic rings. The minimum Gasteiger partial charge on any atom is -0.541 e. The van der Waals surface area contributed by atoms with Gasteiger partial charge in [-0.15, -0.1) is 0 Å². The van der Waals surface area contributed by atoms with Gasteiger partial charge in [-0.3, -0.25) is 4.79 Å². The molecule has 0 unspecified atom stereocenters. The SMILES string of the molecule is CC(C)(C)[Si](C)(C)OC1=C[C@@]23CSC[C@@H]2C[C@H](O3)C1=O. The van der Waals surface area contributed by atoms with Crippen LogP contribution < -0.4 is 0 Å². The summed E-state index contributed by atoms with van der Waals surface area (Å²) >= 11 is 1.93. The normalized spacial score (nSPS) is 36.9. The quantitative estimate of drug-likeness (QED) is 0.732. The van der Waals surface area contributed by atoms with E-state index in [2.05, 4.69) is 33.9 Å². The largest absolute Gasteiger partial charge is 0.541 e. The Morgan fingerprint density at radius 1 is 1.45 bits per heavy atom. The first-order chi connectivity index (χ1) is 9.15. The van der Waals surface area contributed by atoms with E-state index < -0.39 is 8.32 Å². The van der Waals surface area contributed by atoms with E-state index >= 15 is 0 Å². The Balaban J connectivity index is 1.90. The zero-order chi connectivity index (χ0) is 14.8. The molecule has 0 radical (unpaired) electrons. The van der Waals surface area contributed by atoms with Crippen LogP contribution >= 0.6 is 11.8 Å². The zero-order valence-corrected chi connectivity index (χ0v) is 14.8. The van der Waals surface area contributed by atoms with Crippen molar-refractivity contribution < 1.29 is 14.0 Å². The van der Waals surface area contributed by atoms with Gasteiger partial charge in [0.15, 0.2) is 0 Å². The lowest BCUT2D eigenvalue weighted by Crippen LogP contribution is -2.45. The highest BCUT2D eigenvalue weighted by molar-refractivity contribution is 7.99. The van der Waals surface area contributed by atoms with Gasteiger partial charge in [0, 0.05) is 11.7 Å². The second kappa shape index (κ2) is 4.37. The summed E-state index contributed by atoms with van der Waals surface area (Å²) in [7, 11) is -1.96. The van der Waals surface area contributed by atoms with Crippen molar-refractivity contribution in [3.8, 4) is 0 Å². The third-order valence-corrected chi connectivity index (χ3v) is 10.9. The van der Waals surface area contributed by atoms with Crippen LogP contribution in [0, 0.1) is 5.92 Å². The Hall–Kier alpha value is -0.263. The second-order valence-corrected chi connectivity index (χ2v) is 13.5. The van der Waals surface area contributed by atoms with E-state index in [4.69, 9.17) is 9.16 Å². The van der Waals surface area contributed by atoms with E-state index in [1.807, 2.05) is 17.8 Å². The molecule has 0 aliphatic carbocycles. The van der Waals surface area contributed by atoms with Crippen LogP contribution in [0.1, 0.15) is 27.2 Å². The van der Waals surface area contributed by atoms with Crippen LogP contribution in [-0.4, -0.2) is 37.3 Å². The number of ether oxygens (including phenoxy) is 1. The number of ketones is 1. The van der Waals surface area contributed by atoms with Gasteiger partial charge in [0.2, 0.25) is 5.78 Å². The third kappa shape index (κ3) is 2.09. The van der Waals surface area contributed by atoms with E-state index in [9.17, 15) is 4.79 Å². The average molecular weight is 313 g/mol. The van der Waals surface area contributed by atoms with Crippen molar-refractivity contribution in [3.63, 3.8) is 0 Å². The fourth-order valence-electron chi connectivity index (χ4n) is 2.90. The summed E-state index contributed by atoms with van der Waals surface area (Å²) < 4.78 is 12.3. The summed E-state index contributed by atoms with van der Waals surface area (Å²) in [5.74, 6) is 3.22. The predicted octanol–water partition coefficient (Wildman–Crippen LogP) is 3.37. The fraction of sp³-hybridized carbons (Fsp3) is 0.800. The summed E-state index contributed by atoms with van der Waals surface area (Å²) in [5, 5.41) is 0.104. The molecule has 1 spiro atoms. The fourth-order valence-corrected chi connectivity index (χ4v) is 5.44. The molecule has 3 aliphatic rings. The standard InChI is InChI=1S/C15H24O3SSi/c1-14(2,3)20(4,5)18-12-7-15-9-19-8-10(15)6-11(17-15)13(12)16/h7,10-11H,6,8-9H2,1-5H3/t10-,11-,15+/m0/s1. The number of carbonyl (C=O) groups is 1. The van der Waals surface area contributed by atoms with Crippen molar-refractivity contribution in [2.45, 2.75) is 57.0 Å². The summed E-state index contributed by atoms with van der Waals surface area (Å²) in [6.07, 6.45) is 2.63. The number of Topliss-reactive ketones (excluding diaryl/α,β-unsaturated/α-hetero) is 1. The van der Waals surface area contributed by atoms with Gasteiger partial charge in [0.25, 0.3) is 8.32 Å². The van der Waals surface area contributed by atoms with E-state index in [-0.39, 0.29) is 22.5 Å². The summed E-state index contributed by atoms with van der Waals surface area (Å²) in [6.45, 7) is 11.0. The van der Waals surface area contributed by atoms with Crippen molar-refractivity contribution in [1.82, 2.24) is 0 Å². The molecule has 112 valence electrons. The van der Waals surface area contributed by atoms with Crippen molar-refractivity contribution in [2.75, 3.05) is 11.5 Å². The van der Waals surface area contributed by atoms with Gasteiger partial charge in [-0.1, -0.05) is 20.8 Å². The first-order valence-electron chi connectivity index (χ1n) is 7.36. The van der Waals surface area contributed by atoms with Crippen LogP contribution in [0.2, 0.25) is 18.1 Å². The van der Waals surface area contributed by atoms with Crippen LogP contribution in [0.25, 0.3) is 0 Å². The van der Waals surface area contributed by atoms with Gasteiger partial charge in [-0.25, -0.2) is 0 Å². The Bertz CT molecular complexity index is 480. The van der Waals surface area contributed by atoms with E-state index in [1.54, 1.807) is 0 Å². The van der Waals surface area contributed by atoms with Crippen LogP contribution in [0.5, 0.6) is 0 Å². The van der Waals surface area contributed by atoms with E-state index in [1.165, 1.54) is 0 Å². The maximum Gasteiger partial charge on any atom is 0.250 e. The zero-order valence-electron chi connectivity index (χ0n) is 13.0. The van der Waals surface area contributed by atoms with Crippen molar-refractivity contribution in [2.24, 2.45) is 5.92 Å².